The van der Waals surface area contributed by atoms with E-state index in [1.165, 1.54) is 0 Å². The summed E-state index contributed by atoms with van der Waals surface area (Å²) < 4.78 is 5.16. The van der Waals surface area contributed by atoms with Crippen LogP contribution in [0.25, 0.3) is 10.8 Å². The maximum atomic E-state index is 12.6. The van der Waals surface area contributed by atoms with E-state index in [4.69, 9.17) is 16.3 Å². The van der Waals surface area contributed by atoms with Crippen molar-refractivity contribution in [2.75, 3.05) is 7.11 Å². The van der Waals surface area contributed by atoms with Crippen LogP contribution in [0, 0.1) is 0 Å². The van der Waals surface area contributed by atoms with E-state index in [1.54, 1.807) is 31.4 Å². The molecule has 0 bridgehead atoms. The Kier molecular flexibility index (Phi) is 3.63. The van der Waals surface area contributed by atoms with Gasteiger partial charge in [-0.05, 0) is 35.0 Å². The molecule has 0 aromatic heterocycles. The summed E-state index contributed by atoms with van der Waals surface area (Å²) in [6, 6.07) is 18.6. The highest BCUT2D eigenvalue weighted by molar-refractivity contribution is 6.36. The third-order valence-corrected chi connectivity index (χ3v) is 3.72. The molecule has 3 aromatic carbocycles. The van der Waals surface area contributed by atoms with Crippen LogP contribution in [0.15, 0.2) is 60.7 Å². The molecule has 0 aliphatic rings. The van der Waals surface area contributed by atoms with Crippen LogP contribution in [0.5, 0.6) is 5.75 Å². The number of ether oxygens (including phenoxy) is 1. The van der Waals surface area contributed by atoms with E-state index >= 15 is 0 Å². The first kappa shape index (κ1) is 13.7. The average Bonchev–Trinajstić information content (AvgIpc) is 2.53. The van der Waals surface area contributed by atoms with Gasteiger partial charge in [0.05, 0.1) is 12.1 Å². The second-order valence-electron chi connectivity index (χ2n) is 4.74. The lowest BCUT2D eigenvalue weighted by molar-refractivity contribution is 0.103. The molecule has 21 heavy (non-hydrogen) atoms. The number of benzene rings is 3. The SMILES string of the molecule is COc1cccc(C(=O)c2cc3ccccc3cc2Cl)c1. The molecule has 0 radical (unpaired) electrons. The van der Waals surface area contributed by atoms with Crippen LogP contribution in [0.3, 0.4) is 0 Å². The number of carbonyl (C=O) groups is 1. The van der Waals surface area contributed by atoms with Gasteiger partial charge in [-0.15, -0.1) is 0 Å². The van der Waals surface area contributed by atoms with Crippen LogP contribution in [-0.4, -0.2) is 12.9 Å². The third-order valence-electron chi connectivity index (χ3n) is 3.41. The van der Waals surface area contributed by atoms with Crippen molar-refractivity contribution in [3.8, 4) is 5.75 Å². The number of methoxy groups -OCH3 is 1. The van der Waals surface area contributed by atoms with Crippen LogP contribution < -0.4 is 4.74 Å². The summed E-state index contributed by atoms with van der Waals surface area (Å²) >= 11 is 6.27. The highest BCUT2D eigenvalue weighted by atomic mass is 35.5. The van der Waals surface area contributed by atoms with Crippen molar-refractivity contribution in [2.24, 2.45) is 0 Å². The Morgan fingerprint density at radius 1 is 0.952 bits per heavy atom. The van der Waals surface area contributed by atoms with Gasteiger partial charge in [-0.2, -0.15) is 0 Å². The molecule has 0 aliphatic heterocycles. The Bertz CT molecular complexity index is 824. The van der Waals surface area contributed by atoms with E-state index < -0.39 is 0 Å². The van der Waals surface area contributed by atoms with Gasteiger partial charge in [-0.3, -0.25) is 4.79 Å². The van der Waals surface area contributed by atoms with Crippen LogP contribution in [0.1, 0.15) is 15.9 Å². The lowest BCUT2D eigenvalue weighted by Crippen LogP contribution is -2.02. The fourth-order valence-corrected chi connectivity index (χ4v) is 2.56. The zero-order valence-electron chi connectivity index (χ0n) is 11.5. The number of hydrogen-bond acceptors (Lipinski definition) is 2. The van der Waals surface area contributed by atoms with Gasteiger partial charge >= 0.3 is 0 Å². The molecular formula is C18H13ClO2. The van der Waals surface area contributed by atoms with E-state index in [1.807, 2.05) is 36.4 Å². The molecule has 0 spiro atoms. The average molecular weight is 297 g/mol. The van der Waals surface area contributed by atoms with Gasteiger partial charge in [-0.1, -0.05) is 48.0 Å². The molecule has 0 aliphatic carbocycles. The first-order valence-electron chi connectivity index (χ1n) is 6.56. The molecule has 0 heterocycles. The second kappa shape index (κ2) is 5.58. The summed E-state index contributed by atoms with van der Waals surface area (Å²) in [7, 11) is 1.58. The molecule has 0 saturated carbocycles. The Hall–Kier alpha value is -2.32. The number of fused-ring (bicyclic) bond motifs is 1. The topological polar surface area (TPSA) is 26.3 Å². The van der Waals surface area contributed by atoms with Crippen molar-refractivity contribution in [1.29, 1.82) is 0 Å². The molecule has 3 rings (SSSR count). The number of ketones is 1. The maximum absolute atomic E-state index is 12.6. The van der Waals surface area contributed by atoms with Crippen molar-refractivity contribution >= 4 is 28.2 Å². The third kappa shape index (κ3) is 2.63. The molecule has 0 fully saturated rings. The van der Waals surface area contributed by atoms with Crippen molar-refractivity contribution in [1.82, 2.24) is 0 Å². The minimum atomic E-state index is -0.107. The van der Waals surface area contributed by atoms with Crippen LogP contribution >= 0.6 is 11.6 Å². The number of carbonyl (C=O) groups excluding carboxylic acids is 1. The minimum absolute atomic E-state index is 0.107. The predicted molar refractivity (Wildman–Crippen MR) is 85.4 cm³/mol. The lowest BCUT2D eigenvalue weighted by atomic mass is 9.99. The zero-order chi connectivity index (χ0) is 14.8. The van der Waals surface area contributed by atoms with Crippen LogP contribution in [0.4, 0.5) is 0 Å². The highest BCUT2D eigenvalue weighted by Crippen LogP contribution is 2.27. The highest BCUT2D eigenvalue weighted by Gasteiger charge is 2.14. The van der Waals surface area contributed by atoms with Crippen molar-refractivity contribution in [2.45, 2.75) is 0 Å². The van der Waals surface area contributed by atoms with Crippen molar-refractivity contribution in [3.05, 3.63) is 76.8 Å². The summed E-state index contributed by atoms with van der Waals surface area (Å²) in [4.78, 5) is 12.6. The molecule has 0 amide bonds. The van der Waals surface area contributed by atoms with E-state index in [-0.39, 0.29) is 5.78 Å². The van der Waals surface area contributed by atoms with Crippen LogP contribution in [-0.2, 0) is 0 Å². The van der Waals surface area contributed by atoms with Crippen molar-refractivity contribution in [3.63, 3.8) is 0 Å². The summed E-state index contributed by atoms with van der Waals surface area (Å²) in [5, 5.41) is 2.47. The molecular weight excluding hydrogens is 284 g/mol. The van der Waals surface area contributed by atoms with E-state index in [0.717, 1.165) is 10.8 Å². The Morgan fingerprint density at radius 2 is 1.67 bits per heavy atom. The van der Waals surface area contributed by atoms with Gasteiger partial charge in [0.25, 0.3) is 0 Å². The van der Waals surface area contributed by atoms with E-state index in [9.17, 15) is 4.79 Å². The maximum Gasteiger partial charge on any atom is 0.194 e. The summed E-state index contributed by atoms with van der Waals surface area (Å²) in [5.74, 6) is 0.544. The predicted octanol–water partition coefficient (Wildman–Crippen LogP) is 4.73. The molecule has 0 atom stereocenters. The Labute approximate surface area is 127 Å². The molecule has 0 unspecified atom stereocenters. The monoisotopic (exact) mass is 296 g/mol. The van der Waals surface area contributed by atoms with E-state index in [0.29, 0.717) is 21.9 Å². The Balaban J connectivity index is 2.10. The summed E-state index contributed by atoms with van der Waals surface area (Å²) in [5.41, 5.74) is 1.06. The minimum Gasteiger partial charge on any atom is -0.497 e. The Morgan fingerprint density at radius 3 is 2.38 bits per heavy atom. The largest absolute Gasteiger partial charge is 0.497 e. The zero-order valence-corrected chi connectivity index (χ0v) is 12.2. The van der Waals surface area contributed by atoms with Gasteiger partial charge in [0.15, 0.2) is 5.78 Å². The molecule has 0 saturated heterocycles. The summed E-state index contributed by atoms with van der Waals surface area (Å²) in [6.07, 6.45) is 0. The smallest absolute Gasteiger partial charge is 0.194 e. The molecule has 3 heteroatoms. The van der Waals surface area contributed by atoms with Crippen LogP contribution in [0.2, 0.25) is 5.02 Å². The van der Waals surface area contributed by atoms with Gasteiger partial charge < -0.3 is 4.74 Å². The van der Waals surface area contributed by atoms with Crippen molar-refractivity contribution < 1.29 is 9.53 Å². The number of halogens is 1. The van der Waals surface area contributed by atoms with Gasteiger partial charge in [0.2, 0.25) is 0 Å². The fourth-order valence-electron chi connectivity index (χ4n) is 2.31. The standard InChI is InChI=1S/C18H13ClO2/c1-21-15-8-4-7-14(9-15)18(20)16-10-12-5-2-3-6-13(12)11-17(16)19/h2-11H,1H3. The summed E-state index contributed by atoms with van der Waals surface area (Å²) in [6.45, 7) is 0. The number of rotatable bonds is 3. The second-order valence-corrected chi connectivity index (χ2v) is 5.15. The van der Waals surface area contributed by atoms with Gasteiger partial charge in [0.1, 0.15) is 5.75 Å². The quantitative estimate of drug-likeness (QED) is 0.653. The first-order chi connectivity index (χ1) is 10.2. The first-order valence-corrected chi connectivity index (χ1v) is 6.94. The molecule has 2 nitrogen and oxygen atoms in total. The van der Waals surface area contributed by atoms with E-state index in [2.05, 4.69) is 0 Å². The lowest BCUT2D eigenvalue weighted by Gasteiger charge is -2.07. The molecule has 104 valence electrons. The van der Waals surface area contributed by atoms with Gasteiger partial charge in [0, 0.05) is 11.1 Å². The molecule has 0 N–H and O–H groups in total. The normalized spacial score (nSPS) is 10.6. The fraction of sp³-hybridized carbons (Fsp3) is 0.0556. The molecule has 3 aromatic rings. The van der Waals surface area contributed by atoms with Gasteiger partial charge in [-0.25, -0.2) is 0 Å². The number of hydrogen-bond donors (Lipinski definition) is 0.